The Labute approximate surface area is 252 Å². The lowest BCUT2D eigenvalue weighted by Crippen LogP contribution is -2.44. The van der Waals surface area contributed by atoms with Crippen molar-refractivity contribution in [1.29, 1.82) is 0 Å². The second-order valence-corrected chi connectivity index (χ2v) is 14.1. The first kappa shape index (κ1) is 24.7. The molecule has 0 aliphatic heterocycles. The number of benzene rings is 5. The first-order valence-corrected chi connectivity index (χ1v) is 16.6. The van der Waals surface area contributed by atoms with Crippen molar-refractivity contribution in [2.75, 3.05) is 4.90 Å². The number of fused-ring (bicyclic) bond motifs is 3. The molecule has 4 fully saturated rings. The van der Waals surface area contributed by atoms with E-state index in [0.717, 1.165) is 23.7 Å². The van der Waals surface area contributed by atoms with Crippen molar-refractivity contribution in [2.45, 2.75) is 38.0 Å². The van der Waals surface area contributed by atoms with Crippen molar-refractivity contribution in [3.63, 3.8) is 0 Å². The van der Waals surface area contributed by atoms with Gasteiger partial charge in [0.2, 0.25) is 0 Å². The molecule has 0 N–H and O–H groups in total. The smallest absolute Gasteiger partial charge is 0.0640 e. The maximum Gasteiger partial charge on any atom is 0.0640 e. The molecule has 6 aromatic rings. The molecule has 4 bridgehead atoms. The molecule has 206 valence electrons. The molecule has 4 saturated carbocycles. The van der Waals surface area contributed by atoms with E-state index >= 15 is 0 Å². The van der Waals surface area contributed by atoms with E-state index in [0.29, 0.717) is 5.92 Å². The van der Waals surface area contributed by atoms with E-state index < -0.39 is 0 Å². The Hall–Kier alpha value is -3.88. The van der Waals surface area contributed by atoms with Crippen LogP contribution in [0.2, 0.25) is 0 Å². The number of hydrogen-bond acceptors (Lipinski definition) is 2. The summed E-state index contributed by atoms with van der Waals surface area (Å²) in [4.78, 5) is 2.59. The lowest BCUT2D eigenvalue weighted by atomic mass is 9.50. The van der Waals surface area contributed by atoms with Gasteiger partial charge in [-0.2, -0.15) is 0 Å². The largest absolute Gasteiger partial charge is 0.309 e. The molecular weight excluding hydrogens is 527 g/mol. The second kappa shape index (κ2) is 9.85. The van der Waals surface area contributed by atoms with Crippen molar-refractivity contribution in [1.82, 2.24) is 0 Å². The molecule has 4 aliphatic carbocycles. The molecular formula is C40H35NS. The maximum atomic E-state index is 2.59. The third-order valence-electron chi connectivity index (χ3n) is 10.6. The van der Waals surface area contributed by atoms with Crippen LogP contribution in [0.4, 0.5) is 17.1 Å². The summed E-state index contributed by atoms with van der Waals surface area (Å²) in [7, 11) is 0. The van der Waals surface area contributed by atoms with Gasteiger partial charge in [-0.1, -0.05) is 91.0 Å². The summed E-state index contributed by atoms with van der Waals surface area (Å²) in [6, 6.07) is 45.2. The minimum absolute atomic E-state index is 0.668. The van der Waals surface area contributed by atoms with Crippen LogP contribution in [0.25, 0.3) is 31.3 Å². The van der Waals surface area contributed by atoms with E-state index in [1.165, 1.54) is 80.5 Å². The number of para-hydroxylation sites is 1. The molecule has 0 atom stereocenters. The van der Waals surface area contributed by atoms with Gasteiger partial charge in [0.25, 0.3) is 0 Å². The highest BCUT2D eigenvalue weighted by molar-refractivity contribution is 7.26. The Balaban J connectivity index is 1.24. The number of rotatable bonds is 5. The molecule has 0 radical (unpaired) electrons. The molecule has 0 spiro atoms. The Morgan fingerprint density at radius 1 is 0.500 bits per heavy atom. The molecule has 0 unspecified atom stereocenters. The van der Waals surface area contributed by atoms with Gasteiger partial charge in [0, 0.05) is 26.8 Å². The molecule has 1 aromatic heterocycles. The van der Waals surface area contributed by atoms with Crippen molar-refractivity contribution < 1.29 is 0 Å². The van der Waals surface area contributed by atoms with E-state index in [1.807, 2.05) is 11.3 Å². The standard InChI is InChI=1S/C40H35NS/c1-2-9-28(10-3-1)29-17-19-32(20-18-29)41(37-15-8-13-34-33-11-5-7-16-38(33)42-40(34)37)36-14-6-4-12-35(36)39-30-22-26-21-27(24-30)25-31(39)23-26/h1-20,26-27,30-31,39H,21-25H2. The Morgan fingerprint density at radius 2 is 1.12 bits per heavy atom. The van der Waals surface area contributed by atoms with Crippen LogP contribution in [-0.2, 0) is 0 Å². The third kappa shape index (κ3) is 3.96. The van der Waals surface area contributed by atoms with Crippen LogP contribution in [0.5, 0.6) is 0 Å². The monoisotopic (exact) mass is 561 g/mol. The predicted molar refractivity (Wildman–Crippen MR) is 179 cm³/mol. The van der Waals surface area contributed by atoms with Crippen LogP contribution >= 0.6 is 11.3 Å². The zero-order valence-electron chi connectivity index (χ0n) is 23.8. The Morgan fingerprint density at radius 3 is 1.90 bits per heavy atom. The van der Waals surface area contributed by atoms with Gasteiger partial charge in [-0.3, -0.25) is 0 Å². The molecule has 5 aromatic carbocycles. The molecule has 2 heteroatoms. The summed E-state index contributed by atoms with van der Waals surface area (Å²) in [5.41, 5.74) is 7.97. The van der Waals surface area contributed by atoms with Gasteiger partial charge >= 0.3 is 0 Å². The van der Waals surface area contributed by atoms with Crippen LogP contribution in [-0.4, -0.2) is 0 Å². The highest BCUT2D eigenvalue weighted by atomic mass is 32.1. The molecule has 1 nitrogen and oxygen atoms in total. The van der Waals surface area contributed by atoms with E-state index in [-0.39, 0.29) is 0 Å². The SMILES string of the molecule is c1ccc(-c2ccc(N(c3ccccc3C3C4CC5CC(C4)CC3C5)c3cccc4c3sc3ccccc34)cc2)cc1. The minimum Gasteiger partial charge on any atom is -0.309 e. The van der Waals surface area contributed by atoms with Gasteiger partial charge in [0.05, 0.1) is 10.4 Å². The third-order valence-corrected chi connectivity index (χ3v) is 11.8. The lowest BCUT2D eigenvalue weighted by Gasteiger charge is -2.55. The van der Waals surface area contributed by atoms with E-state index in [4.69, 9.17) is 0 Å². The first-order valence-electron chi connectivity index (χ1n) is 15.7. The van der Waals surface area contributed by atoms with Crippen LogP contribution in [0.15, 0.2) is 121 Å². The van der Waals surface area contributed by atoms with Gasteiger partial charge in [-0.15, -0.1) is 11.3 Å². The van der Waals surface area contributed by atoms with Crippen LogP contribution in [0.3, 0.4) is 0 Å². The number of anilines is 3. The Kier molecular flexibility index (Phi) is 5.79. The van der Waals surface area contributed by atoms with Gasteiger partial charge in [-0.05, 0) is 109 Å². The van der Waals surface area contributed by atoms with E-state index in [9.17, 15) is 0 Å². The first-order chi connectivity index (χ1) is 20.8. The quantitative estimate of drug-likeness (QED) is 0.202. The summed E-state index contributed by atoms with van der Waals surface area (Å²) in [5, 5.41) is 2.71. The Bertz CT molecular complexity index is 1870. The van der Waals surface area contributed by atoms with Crippen LogP contribution in [0, 0.1) is 23.7 Å². The second-order valence-electron chi connectivity index (χ2n) is 13.0. The summed E-state index contributed by atoms with van der Waals surface area (Å²) in [6.45, 7) is 0. The summed E-state index contributed by atoms with van der Waals surface area (Å²) in [6.07, 6.45) is 7.23. The summed E-state index contributed by atoms with van der Waals surface area (Å²) >= 11 is 1.93. The maximum absolute atomic E-state index is 2.59. The van der Waals surface area contributed by atoms with Gasteiger partial charge in [-0.25, -0.2) is 0 Å². The average molecular weight is 562 g/mol. The van der Waals surface area contributed by atoms with Gasteiger partial charge in [0.1, 0.15) is 0 Å². The fourth-order valence-electron chi connectivity index (χ4n) is 9.16. The highest BCUT2D eigenvalue weighted by Gasteiger charge is 2.49. The van der Waals surface area contributed by atoms with Gasteiger partial charge in [0.15, 0.2) is 0 Å². The molecule has 1 heterocycles. The fraction of sp³-hybridized carbons (Fsp3) is 0.250. The van der Waals surface area contributed by atoms with E-state index in [2.05, 4.69) is 126 Å². The highest BCUT2D eigenvalue weighted by Crippen LogP contribution is 2.61. The van der Waals surface area contributed by atoms with Crippen LogP contribution < -0.4 is 4.90 Å². The number of thiophene rings is 1. The lowest BCUT2D eigenvalue weighted by molar-refractivity contribution is -0.00259. The predicted octanol–water partition coefficient (Wildman–Crippen LogP) is 11.7. The molecule has 0 saturated heterocycles. The molecule has 0 amide bonds. The van der Waals surface area contributed by atoms with Gasteiger partial charge < -0.3 is 4.90 Å². The zero-order chi connectivity index (χ0) is 27.6. The van der Waals surface area contributed by atoms with Crippen LogP contribution in [0.1, 0.15) is 43.6 Å². The topological polar surface area (TPSA) is 3.24 Å². The van der Waals surface area contributed by atoms with Crippen molar-refractivity contribution in [3.8, 4) is 11.1 Å². The fourth-order valence-corrected chi connectivity index (χ4v) is 10.4. The molecule has 4 aliphatic rings. The summed E-state index contributed by atoms with van der Waals surface area (Å²) in [5.74, 6) is 4.30. The summed E-state index contributed by atoms with van der Waals surface area (Å²) < 4.78 is 2.72. The van der Waals surface area contributed by atoms with Crippen molar-refractivity contribution in [3.05, 3.63) is 127 Å². The zero-order valence-corrected chi connectivity index (χ0v) is 24.6. The van der Waals surface area contributed by atoms with Crippen molar-refractivity contribution >= 4 is 48.6 Å². The van der Waals surface area contributed by atoms with E-state index in [1.54, 1.807) is 5.56 Å². The normalized spacial score (nSPS) is 24.4. The molecule has 10 rings (SSSR count). The molecule has 42 heavy (non-hydrogen) atoms. The number of hydrogen-bond donors (Lipinski definition) is 0. The minimum atomic E-state index is 0.668. The number of nitrogens with zero attached hydrogens (tertiary/aromatic N) is 1. The van der Waals surface area contributed by atoms with Crippen molar-refractivity contribution in [2.24, 2.45) is 23.7 Å². The average Bonchev–Trinajstić information content (AvgIpc) is 3.42.